The van der Waals surface area contributed by atoms with Crippen LogP contribution in [0.2, 0.25) is 5.02 Å². The van der Waals surface area contributed by atoms with E-state index in [1.807, 2.05) is 30.3 Å². The summed E-state index contributed by atoms with van der Waals surface area (Å²) >= 11 is 6.20. The number of halogens is 3. The molecular formula is C19H14ClF2N3O2S. The molecule has 0 unspecified atom stereocenters. The molecule has 0 bridgehead atoms. The SMILES string of the molecule is O=C(Cn1nc(-c2ccccc2)ccc1=O)Nc1cccc(Cl)c1SC(F)F. The van der Waals surface area contributed by atoms with Gasteiger partial charge in [-0.1, -0.05) is 59.8 Å². The predicted molar refractivity (Wildman–Crippen MR) is 106 cm³/mol. The number of aromatic nitrogens is 2. The molecular weight excluding hydrogens is 408 g/mol. The molecule has 28 heavy (non-hydrogen) atoms. The summed E-state index contributed by atoms with van der Waals surface area (Å²) in [6.07, 6.45) is 0. The number of hydrogen-bond donors (Lipinski definition) is 1. The van der Waals surface area contributed by atoms with E-state index in [2.05, 4.69) is 10.4 Å². The number of hydrogen-bond acceptors (Lipinski definition) is 4. The summed E-state index contributed by atoms with van der Waals surface area (Å²) in [6, 6.07) is 16.5. The lowest BCUT2D eigenvalue weighted by molar-refractivity contribution is -0.117. The van der Waals surface area contributed by atoms with Crippen molar-refractivity contribution in [1.82, 2.24) is 9.78 Å². The van der Waals surface area contributed by atoms with E-state index in [0.29, 0.717) is 5.69 Å². The lowest BCUT2D eigenvalue weighted by atomic mass is 10.1. The van der Waals surface area contributed by atoms with Crippen LogP contribution in [-0.2, 0) is 11.3 Å². The van der Waals surface area contributed by atoms with E-state index in [4.69, 9.17) is 11.6 Å². The highest BCUT2D eigenvalue weighted by Gasteiger charge is 2.16. The lowest BCUT2D eigenvalue weighted by Gasteiger charge is -2.12. The van der Waals surface area contributed by atoms with Gasteiger partial charge in [0.15, 0.2) is 0 Å². The van der Waals surface area contributed by atoms with Crippen LogP contribution < -0.4 is 10.9 Å². The van der Waals surface area contributed by atoms with Crippen molar-refractivity contribution in [2.75, 3.05) is 5.32 Å². The lowest BCUT2D eigenvalue weighted by Crippen LogP contribution is -2.29. The van der Waals surface area contributed by atoms with E-state index in [-0.39, 0.29) is 33.9 Å². The van der Waals surface area contributed by atoms with Crippen molar-refractivity contribution in [2.45, 2.75) is 17.2 Å². The van der Waals surface area contributed by atoms with E-state index in [1.165, 1.54) is 24.3 Å². The van der Waals surface area contributed by atoms with Crippen molar-refractivity contribution in [3.8, 4) is 11.3 Å². The molecule has 0 aliphatic carbocycles. The summed E-state index contributed by atoms with van der Waals surface area (Å²) in [5.41, 5.74) is 1.02. The molecule has 1 aromatic heterocycles. The number of alkyl halides is 2. The van der Waals surface area contributed by atoms with Gasteiger partial charge in [-0.05, 0) is 18.2 Å². The fraction of sp³-hybridized carbons (Fsp3) is 0.105. The summed E-state index contributed by atoms with van der Waals surface area (Å²) in [5, 5.41) is 6.82. The minimum atomic E-state index is -2.69. The van der Waals surface area contributed by atoms with Crippen LogP contribution in [-0.4, -0.2) is 21.4 Å². The Balaban J connectivity index is 1.81. The molecule has 3 rings (SSSR count). The number of benzene rings is 2. The average Bonchev–Trinajstić information content (AvgIpc) is 2.67. The number of carbonyl (C=O) groups excluding carboxylic acids is 1. The Morgan fingerprint density at radius 2 is 1.86 bits per heavy atom. The monoisotopic (exact) mass is 421 g/mol. The first-order valence-electron chi connectivity index (χ1n) is 8.11. The quantitative estimate of drug-likeness (QED) is 0.594. The van der Waals surface area contributed by atoms with Crippen molar-refractivity contribution in [1.29, 1.82) is 0 Å². The Labute approximate surface area is 168 Å². The number of anilines is 1. The van der Waals surface area contributed by atoms with Crippen molar-refractivity contribution in [2.24, 2.45) is 0 Å². The van der Waals surface area contributed by atoms with Gasteiger partial charge in [0.2, 0.25) is 5.91 Å². The van der Waals surface area contributed by atoms with E-state index < -0.39 is 17.2 Å². The fourth-order valence-corrected chi connectivity index (χ4v) is 3.38. The molecule has 0 fully saturated rings. The zero-order valence-electron chi connectivity index (χ0n) is 14.3. The van der Waals surface area contributed by atoms with E-state index >= 15 is 0 Å². The van der Waals surface area contributed by atoms with Crippen LogP contribution in [0.15, 0.2) is 70.4 Å². The van der Waals surface area contributed by atoms with Gasteiger partial charge in [0.1, 0.15) is 6.54 Å². The summed E-state index contributed by atoms with van der Waals surface area (Å²) in [5.74, 6) is -3.28. The minimum Gasteiger partial charge on any atom is -0.323 e. The molecule has 0 aliphatic rings. The molecule has 1 N–H and O–H groups in total. The summed E-state index contributed by atoms with van der Waals surface area (Å²) in [4.78, 5) is 24.5. The van der Waals surface area contributed by atoms with Crippen molar-refractivity contribution >= 4 is 35.0 Å². The third-order valence-electron chi connectivity index (χ3n) is 3.68. The van der Waals surface area contributed by atoms with Crippen LogP contribution in [0.4, 0.5) is 14.5 Å². The van der Waals surface area contributed by atoms with Crippen molar-refractivity contribution in [3.05, 3.63) is 76.0 Å². The van der Waals surface area contributed by atoms with Crippen molar-refractivity contribution in [3.63, 3.8) is 0 Å². The number of amides is 1. The second kappa shape index (κ2) is 8.99. The standard InChI is InChI=1S/C19H14ClF2N3O2S/c20-13-7-4-8-15(18(13)28-19(21)22)23-16(26)11-25-17(27)10-9-14(24-25)12-5-2-1-3-6-12/h1-10,19H,11H2,(H,23,26). The van der Waals surface area contributed by atoms with Gasteiger partial charge < -0.3 is 5.32 Å². The van der Waals surface area contributed by atoms with Crippen LogP contribution in [0.1, 0.15) is 0 Å². The van der Waals surface area contributed by atoms with Gasteiger partial charge in [-0.3, -0.25) is 9.59 Å². The number of carbonyl (C=O) groups is 1. The molecule has 144 valence electrons. The molecule has 9 heteroatoms. The Morgan fingerprint density at radius 1 is 1.11 bits per heavy atom. The van der Waals surface area contributed by atoms with Gasteiger partial charge in [-0.25, -0.2) is 4.68 Å². The van der Waals surface area contributed by atoms with Crippen LogP contribution in [0.3, 0.4) is 0 Å². The van der Waals surface area contributed by atoms with E-state index in [0.717, 1.165) is 10.2 Å². The second-order valence-corrected chi connectivity index (χ2v) is 7.03. The maximum Gasteiger partial charge on any atom is 0.289 e. The van der Waals surface area contributed by atoms with Gasteiger partial charge in [0, 0.05) is 11.6 Å². The second-order valence-electron chi connectivity index (χ2n) is 5.62. The third-order valence-corrected chi connectivity index (χ3v) is 4.96. The summed E-state index contributed by atoms with van der Waals surface area (Å²) < 4.78 is 26.5. The maximum absolute atomic E-state index is 12.8. The number of nitrogens with zero attached hydrogens (tertiary/aromatic N) is 2. The molecule has 1 heterocycles. The number of thioether (sulfide) groups is 1. The number of nitrogens with one attached hydrogen (secondary N) is 1. The fourth-order valence-electron chi connectivity index (χ4n) is 2.47. The molecule has 0 aliphatic heterocycles. The molecule has 5 nitrogen and oxygen atoms in total. The van der Waals surface area contributed by atoms with Gasteiger partial charge >= 0.3 is 0 Å². The van der Waals surface area contributed by atoms with Gasteiger partial charge in [0.05, 0.1) is 21.3 Å². The van der Waals surface area contributed by atoms with Crippen molar-refractivity contribution < 1.29 is 13.6 Å². The third kappa shape index (κ3) is 4.96. The molecule has 0 atom stereocenters. The first-order valence-corrected chi connectivity index (χ1v) is 9.36. The van der Waals surface area contributed by atoms with Gasteiger partial charge in [0.25, 0.3) is 11.3 Å². The highest BCUT2D eigenvalue weighted by Crippen LogP contribution is 2.37. The normalized spacial score (nSPS) is 10.9. The first kappa shape index (κ1) is 20.0. The molecule has 0 saturated carbocycles. The highest BCUT2D eigenvalue weighted by molar-refractivity contribution is 7.99. The predicted octanol–water partition coefficient (Wildman–Crippen LogP) is 4.52. The van der Waals surface area contributed by atoms with Crippen LogP contribution in [0, 0.1) is 0 Å². The minimum absolute atomic E-state index is 0.0610. The van der Waals surface area contributed by atoms with E-state index in [1.54, 1.807) is 6.07 Å². The Hall–Kier alpha value is -2.71. The molecule has 0 spiro atoms. The zero-order valence-corrected chi connectivity index (χ0v) is 15.9. The molecule has 3 aromatic rings. The maximum atomic E-state index is 12.8. The topological polar surface area (TPSA) is 64.0 Å². The number of rotatable bonds is 6. The van der Waals surface area contributed by atoms with Crippen LogP contribution in [0.5, 0.6) is 0 Å². The Kier molecular flexibility index (Phi) is 6.43. The van der Waals surface area contributed by atoms with Gasteiger partial charge in [-0.2, -0.15) is 13.9 Å². The van der Waals surface area contributed by atoms with Crippen LogP contribution >= 0.6 is 23.4 Å². The zero-order chi connectivity index (χ0) is 20.1. The highest BCUT2D eigenvalue weighted by atomic mass is 35.5. The largest absolute Gasteiger partial charge is 0.323 e. The van der Waals surface area contributed by atoms with Crippen LogP contribution in [0.25, 0.3) is 11.3 Å². The Morgan fingerprint density at radius 3 is 2.57 bits per heavy atom. The average molecular weight is 422 g/mol. The van der Waals surface area contributed by atoms with Gasteiger partial charge in [-0.15, -0.1) is 0 Å². The first-order chi connectivity index (χ1) is 13.4. The molecule has 1 amide bonds. The Bertz CT molecular complexity index is 1040. The summed E-state index contributed by atoms with van der Waals surface area (Å²) in [7, 11) is 0. The summed E-state index contributed by atoms with van der Waals surface area (Å²) in [6.45, 7) is -0.370. The smallest absolute Gasteiger partial charge is 0.289 e. The molecule has 2 aromatic carbocycles. The van der Waals surface area contributed by atoms with E-state index in [9.17, 15) is 18.4 Å². The molecule has 0 saturated heterocycles. The molecule has 0 radical (unpaired) electrons.